The molecule has 1 atom stereocenters. The molecule has 3 rings (SSSR count). The van der Waals surface area contributed by atoms with E-state index < -0.39 is 0 Å². The molecule has 0 bridgehead atoms. The molecule has 126 valence electrons. The average Bonchev–Trinajstić information content (AvgIpc) is 3.13. The van der Waals surface area contributed by atoms with Crippen molar-refractivity contribution in [2.75, 3.05) is 13.7 Å². The fourth-order valence-corrected chi connectivity index (χ4v) is 3.69. The van der Waals surface area contributed by atoms with E-state index in [0.717, 1.165) is 27.2 Å². The van der Waals surface area contributed by atoms with Crippen molar-refractivity contribution in [2.24, 2.45) is 0 Å². The molecular weight excluding hydrogens is 326 g/mol. The Labute approximate surface area is 144 Å². The van der Waals surface area contributed by atoms with E-state index in [-0.39, 0.29) is 12.2 Å². The zero-order valence-corrected chi connectivity index (χ0v) is 14.9. The molecule has 0 spiro atoms. The molecule has 1 unspecified atom stereocenters. The highest BCUT2D eigenvalue weighted by Crippen LogP contribution is 2.36. The number of aryl methyl sites for hydroxylation is 1. The van der Waals surface area contributed by atoms with Gasteiger partial charge in [-0.2, -0.15) is 5.10 Å². The van der Waals surface area contributed by atoms with Gasteiger partial charge in [0.1, 0.15) is 21.6 Å². The third kappa shape index (κ3) is 2.92. The Hall–Kier alpha value is -2.25. The zero-order valence-electron chi connectivity index (χ0n) is 14.1. The van der Waals surface area contributed by atoms with Crippen molar-refractivity contribution in [3.05, 3.63) is 35.0 Å². The molecule has 0 saturated heterocycles. The highest BCUT2D eigenvalue weighted by Gasteiger charge is 2.22. The van der Waals surface area contributed by atoms with Crippen molar-refractivity contribution in [3.8, 4) is 11.3 Å². The second-order valence-electron chi connectivity index (χ2n) is 5.35. The van der Waals surface area contributed by atoms with Gasteiger partial charge >= 0.3 is 5.97 Å². The first-order valence-electron chi connectivity index (χ1n) is 7.70. The summed E-state index contributed by atoms with van der Waals surface area (Å²) in [7, 11) is 1.38. The minimum atomic E-state index is -0.344. The summed E-state index contributed by atoms with van der Waals surface area (Å²) in [5.41, 5.74) is 2.69. The smallest absolute Gasteiger partial charge is 0.348 e. The lowest BCUT2D eigenvalue weighted by atomic mass is 10.1. The van der Waals surface area contributed by atoms with Gasteiger partial charge in [0.25, 0.3) is 0 Å². The lowest BCUT2D eigenvalue weighted by Crippen LogP contribution is -2.10. The van der Waals surface area contributed by atoms with E-state index in [4.69, 9.17) is 14.6 Å². The fourth-order valence-electron chi connectivity index (χ4n) is 2.59. The summed E-state index contributed by atoms with van der Waals surface area (Å²) in [4.78, 5) is 17.6. The average molecular weight is 345 g/mol. The number of hydrogen-bond acceptors (Lipinski definition) is 6. The Bertz CT molecular complexity index is 884. The second-order valence-corrected chi connectivity index (χ2v) is 6.39. The molecule has 0 saturated carbocycles. The van der Waals surface area contributed by atoms with Crippen LogP contribution in [0.5, 0.6) is 0 Å². The Morgan fingerprint density at radius 2 is 2.21 bits per heavy atom. The number of hydrogen-bond donors (Lipinski definition) is 0. The molecular formula is C17H19N3O3S. The second kappa shape index (κ2) is 6.70. The van der Waals surface area contributed by atoms with Crippen molar-refractivity contribution >= 4 is 27.5 Å². The molecule has 0 aliphatic heterocycles. The van der Waals surface area contributed by atoms with E-state index in [9.17, 15) is 4.79 Å². The van der Waals surface area contributed by atoms with E-state index in [0.29, 0.717) is 11.5 Å². The Kier molecular flexibility index (Phi) is 4.64. The lowest BCUT2D eigenvalue weighted by Gasteiger charge is -2.12. The molecule has 24 heavy (non-hydrogen) atoms. The van der Waals surface area contributed by atoms with E-state index in [2.05, 4.69) is 4.98 Å². The van der Waals surface area contributed by atoms with Crippen LogP contribution in [0.2, 0.25) is 0 Å². The van der Waals surface area contributed by atoms with Crippen LogP contribution in [0.3, 0.4) is 0 Å². The molecule has 0 aromatic carbocycles. The summed E-state index contributed by atoms with van der Waals surface area (Å²) in [6, 6.07) is 5.73. The van der Waals surface area contributed by atoms with E-state index in [1.807, 2.05) is 43.7 Å². The summed E-state index contributed by atoms with van der Waals surface area (Å²) >= 11 is 1.36. The van der Waals surface area contributed by atoms with Crippen LogP contribution in [0.15, 0.2) is 24.4 Å². The number of esters is 1. The number of pyridine rings is 1. The van der Waals surface area contributed by atoms with Crippen LogP contribution in [0.25, 0.3) is 21.5 Å². The first-order chi connectivity index (χ1) is 11.5. The van der Waals surface area contributed by atoms with Gasteiger partial charge in [0.05, 0.1) is 7.11 Å². The topological polar surface area (TPSA) is 66.2 Å². The van der Waals surface area contributed by atoms with Gasteiger partial charge in [-0.1, -0.05) is 0 Å². The van der Waals surface area contributed by atoms with Crippen LogP contribution in [-0.2, 0) is 9.47 Å². The Morgan fingerprint density at radius 3 is 2.88 bits per heavy atom. The van der Waals surface area contributed by atoms with E-state index >= 15 is 0 Å². The van der Waals surface area contributed by atoms with Gasteiger partial charge in [0.2, 0.25) is 0 Å². The minimum Gasteiger partial charge on any atom is -0.465 e. The molecule has 0 aliphatic rings. The highest BCUT2D eigenvalue weighted by atomic mass is 32.1. The predicted octanol–water partition coefficient (Wildman–Crippen LogP) is 3.81. The van der Waals surface area contributed by atoms with Crippen LogP contribution < -0.4 is 0 Å². The van der Waals surface area contributed by atoms with Gasteiger partial charge in [0, 0.05) is 29.4 Å². The van der Waals surface area contributed by atoms with Crippen LogP contribution in [0, 0.1) is 6.92 Å². The molecule has 0 radical (unpaired) electrons. The van der Waals surface area contributed by atoms with Gasteiger partial charge in [-0.3, -0.25) is 4.98 Å². The summed E-state index contributed by atoms with van der Waals surface area (Å²) in [6.45, 7) is 6.41. The van der Waals surface area contributed by atoms with Crippen molar-refractivity contribution in [3.63, 3.8) is 0 Å². The highest BCUT2D eigenvalue weighted by molar-refractivity contribution is 7.20. The predicted molar refractivity (Wildman–Crippen MR) is 93.3 cm³/mol. The van der Waals surface area contributed by atoms with Gasteiger partial charge in [-0.05, 0) is 39.0 Å². The summed E-state index contributed by atoms with van der Waals surface area (Å²) < 4.78 is 12.4. The number of methoxy groups -OCH3 is 1. The van der Waals surface area contributed by atoms with Crippen LogP contribution in [0.4, 0.5) is 0 Å². The maximum Gasteiger partial charge on any atom is 0.348 e. The van der Waals surface area contributed by atoms with Crippen molar-refractivity contribution in [1.82, 2.24) is 14.8 Å². The number of carbonyl (C=O) groups excluding carboxylic acids is 1. The van der Waals surface area contributed by atoms with Gasteiger partial charge in [-0.15, -0.1) is 11.3 Å². The molecule has 3 aromatic heterocycles. The standard InChI is InChI=1S/C17H19N3O3S/c1-5-23-11(3)20-16-13(9-14(24-16)17(21)22-4)15(19-20)12-6-7-18-10(2)8-12/h6-9,11H,5H2,1-4H3. The fraction of sp³-hybridized carbons (Fsp3) is 0.353. The third-order valence-corrected chi connectivity index (χ3v) is 4.80. The molecule has 0 aliphatic carbocycles. The zero-order chi connectivity index (χ0) is 17.3. The van der Waals surface area contributed by atoms with Crippen molar-refractivity contribution in [1.29, 1.82) is 0 Å². The molecule has 7 heteroatoms. The number of nitrogens with zero attached hydrogens (tertiary/aromatic N) is 3. The summed E-state index contributed by atoms with van der Waals surface area (Å²) in [6.07, 6.45) is 1.54. The quantitative estimate of drug-likeness (QED) is 0.658. The molecule has 0 N–H and O–H groups in total. The van der Waals surface area contributed by atoms with Crippen LogP contribution in [-0.4, -0.2) is 34.5 Å². The maximum absolute atomic E-state index is 11.9. The van der Waals surface area contributed by atoms with Crippen LogP contribution in [0.1, 0.15) is 35.4 Å². The first kappa shape index (κ1) is 16.6. The molecule has 0 amide bonds. The summed E-state index contributed by atoms with van der Waals surface area (Å²) in [5.74, 6) is -0.344. The Morgan fingerprint density at radius 1 is 1.42 bits per heavy atom. The maximum atomic E-state index is 11.9. The number of ether oxygens (including phenoxy) is 2. The summed E-state index contributed by atoms with van der Waals surface area (Å²) in [5, 5.41) is 5.64. The van der Waals surface area contributed by atoms with Crippen molar-refractivity contribution in [2.45, 2.75) is 27.0 Å². The number of fused-ring (bicyclic) bond motifs is 1. The van der Waals surface area contributed by atoms with E-state index in [1.54, 1.807) is 6.20 Å². The number of thiophene rings is 1. The SMILES string of the molecule is CCOC(C)n1nc(-c2ccnc(C)c2)c2cc(C(=O)OC)sc21. The molecule has 0 fully saturated rings. The third-order valence-electron chi connectivity index (χ3n) is 3.69. The Balaban J connectivity index is 2.21. The van der Waals surface area contributed by atoms with E-state index in [1.165, 1.54) is 18.4 Å². The van der Waals surface area contributed by atoms with Gasteiger partial charge in [-0.25, -0.2) is 9.48 Å². The lowest BCUT2D eigenvalue weighted by molar-refractivity contribution is 0.0197. The number of rotatable bonds is 5. The van der Waals surface area contributed by atoms with Crippen LogP contribution >= 0.6 is 11.3 Å². The number of carbonyl (C=O) groups is 1. The molecule has 3 heterocycles. The van der Waals surface area contributed by atoms with Gasteiger partial charge < -0.3 is 9.47 Å². The normalized spacial score (nSPS) is 12.5. The van der Waals surface area contributed by atoms with Crippen molar-refractivity contribution < 1.29 is 14.3 Å². The molecule has 3 aromatic rings. The largest absolute Gasteiger partial charge is 0.465 e. The molecule has 6 nitrogen and oxygen atoms in total. The minimum absolute atomic E-state index is 0.224. The first-order valence-corrected chi connectivity index (χ1v) is 8.51. The monoisotopic (exact) mass is 345 g/mol. The number of aromatic nitrogens is 3. The van der Waals surface area contributed by atoms with Gasteiger partial charge in [0.15, 0.2) is 0 Å².